The molecule has 2 aromatic rings. The Morgan fingerprint density at radius 3 is 2.42 bits per heavy atom. The lowest BCUT2D eigenvalue weighted by molar-refractivity contribution is 0.572. The van der Waals surface area contributed by atoms with E-state index in [0.29, 0.717) is 6.04 Å². The van der Waals surface area contributed by atoms with Crippen LogP contribution in [0.1, 0.15) is 42.1 Å². The van der Waals surface area contributed by atoms with Crippen molar-refractivity contribution in [2.24, 2.45) is 0 Å². The Morgan fingerprint density at radius 1 is 1.00 bits per heavy atom. The molecule has 0 heterocycles. The predicted molar refractivity (Wildman–Crippen MR) is 82.3 cm³/mol. The summed E-state index contributed by atoms with van der Waals surface area (Å²) in [6, 6.07) is 17.8. The number of hydrogen-bond acceptors (Lipinski definition) is 1. The molecule has 0 aromatic heterocycles. The van der Waals surface area contributed by atoms with Gasteiger partial charge in [0.25, 0.3) is 0 Å². The van der Waals surface area contributed by atoms with Gasteiger partial charge < -0.3 is 5.32 Å². The summed E-state index contributed by atoms with van der Waals surface area (Å²) in [5, 5.41) is 3.62. The van der Waals surface area contributed by atoms with Crippen molar-refractivity contribution in [3.8, 4) is 0 Å². The number of benzene rings is 2. The topological polar surface area (TPSA) is 12.0 Å². The Kier molecular flexibility index (Phi) is 4.75. The van der Waals surface area contributed by atoms with Gasteiger partial charge in [-0.3, -0.25) is 0 Å². The van der Waals surface area contributed by atoms with Gasteiger partial charge in [-0.2, -0.15) is 0 Å². The van der Waals surface area contributed by atoms with E-state index in [0.717, 1.165) is 13.0 Å². The van der Waals surface area contributed by atoms with E-state index in [2.05, 4.69) is 74.6 Å². The summed E-state index contributed by atoms with van der Waals surface area (Å²) in [6.45, 7) is 7.51. The van der Waals surface area contributed by atoms with Gasteiger partial charge in [-0.05, 0) is 37.0 Å². The van der Waals surface area contributed by atoms with Crippen molar-refractivity contribution in [3.63, 3.8) is 0 Å². The quantitative estimate of drug-likeness (QED) is 0.832. The fraction of sp³-hybridized carbons (Fsp3) is 0.333. The Bertz CT molecular complexity index is 531. The first-order chi connectivity index (χ1) is 9.20. The van der Waals surface area contributed by atoms with Crippen LogP contribution in [0.15, 0.2) is 48.5 Å². The molecule has 1 N–H and O–H groups in total. The summed E-state index contributed by atoms with van der Waals surface area (Å²) >= 11 is 0. The molecule has 0 spiro atoms. The molecule has 0 amide bonds. The van der Waals surface area contributed by atoms with Gasteiger partial charge in [0.15, 0.2) is 0 Å². The van der Waals surface area contributed by atoms with E-state index in [1.54, 1.807) is 0 Å². The molecule has 1 nitrogen and oxygen atoms in total. The first kappa shape index (κ1) is 13.8. The number of nitrogens with one attached hydrogen (secondary N) is 1. The number of hydrogen-bond donors (Lipinski definition) is 1. The second-order valence-electron chi connectivity index (χ2n) is 5.14. The predicted octanol–water partition coefficient (Wildman–Crippen LogP) is 4.41. The highest BCUT2D eigenvalue weighted by Gasteiger charge is 2.06. The lowest BCUT2D eigenvalue weighted by Gasteiger charge is -2.16. The zero-order chi connectivity index (χ0) is 13.7. The fourth-order valence-electron chi connectivity index (χ4n) is 2.40. The van der Waals surface area contributed by atoms with Crippen LogP contribution in [-0.4, -0.2) is 0 Å². The molecule has 0 saturated heterocycles. The van der Waals surface area contributed by atoms with E-state index in [4.69, 9.17) is 0 Å². The lowest BCUT2D eigenvalue weighted by atomic mass is 10.0. The second-order valence-corrected chi connectivity index (χ2v) is 5.14. The minimum atomic E-state index is 0.379. The molecule has 0 radical (unpaired) electrons. The molecule has 0 aliphatic heterocycles. The van der Waals surface area contributed by atoms with Gasteiger partial charge in [-0.1, -0.05) is 61.0 Å². The third-order valence-electron chi connectivity index (χ3n) is 3.64. The molecule has 19 heavy (non-hydrogen) atoms. The molecule has 0 aliphatic rings. The molecule has 100 valence electrons. The Morgan fingerprint density at radius 2 is 1.74 bits per heavy atom. The number of aryl methyl sites for hydroxylation is 2. The van der Waals surface area contributed by atoms with Crippen molar-refractivity contribution in [2.75, 3.05) is 0 Å². The van der Waals surface area contributed by atoms with Crippen LogP contribution in [0.5, 0.6) is 0 Å². The van der Waals surface area contributed by atoms with Gasteiger partial charge in [-0.25, -0.2) is 0 Å². The van der Waals surface area contributed by atoms with Crippen LogP contribution in [0.2, 0.25) is 0 Å². The first-order valence-electron chi connectivity index (χ1n) is 7.07. The highest BCUT2D eigenvalue weighted by atomic mass is 14.9. The highest BCUT2D eigenvalue weighted by molar-refractivity contribution is 5.28. The summed E-state index contributed by atoms with van der Waals surface area (Å²) in [7, 11) is 0. The summed E-state index contributed by atoms with van der Waals surface area (Å²) < 4.78 is 0. The molecule has 0 unspecified atom stereocenters. The average molecular weight is 253 g/mol. The smallest absolute Gasteiger partial charge is 0.0295 e. The second kappa shape index (κ2) is 6.53. The van der Waals surface area contributed by atoms with Crippen molar-refractivity contribution < 1.29 is 0 Å². The van der Waals surface area contributed by atoms with E-state index < -0.39 is 0 Å². The summed E-state index contributed by atoms with van der Waals surface area (Å²) in [5.41, 5.74) is 5.52. The van der Waals surface area contributed by atoms with E-state index in [1.807, 2.05) is 0 Å². The SMILES string of the molecule is CCc1ccccc1CN[C@H](C)c1cccc(C)c1. The van der Waals surface area contributed by atoms with Crippen LogP contribution in [0.3, 0.4) is 0 Å². The summed E-state index contributed by atoms with van der Waals surface area (Å²) in [5.74, 6) is 0. The van der Waals surface area contributed by atoms with E-state index in [-0.39, 0.29) is 0 Å². The van der Waals surface area contributed by atoms with Crippen molar-refractivity contribution in [2.45, 2.75) is 39.8 Å². The van der Waals surface area contributed by atoms with E-state index in [1.165, 1.54) is 22.3 Å². The third-order valence-corrected chi connectivity index (χ3v) is 3.64. The molecule has 0 fully saturated rings. The van der Waals surface area contributed by atoms with Crippen molar-refractivity contribution in [3.05, 3.63) is 70.8 Å². The summed E-state index contributed by atoms with van der Waals surface area (Å²) in [6.07, 6.45) is 1.09. The molecule has 2 aromatic carbocycles. The molecular formula is C18H23N. The van der Waals surface area contributed by atoms with Crippen LogP contribution in [-0.2, 0) is 13.0 Å². The van der Waals surface area contributed by atoms with Crippen molar-refractivity contribution in [1.82, 2.24) is 5.32 Å². The fourth-order valence-corrected chi connectivity index (χ4v) is 2.40. The van der Waals surface area contributed by atoms with Gasteiger partial charge in [-0.15, -0.1) is 0 Å². The van der Waals surface area contributed by atoms with Crippen molar-refractivity contribution >= 4 is 0 Å². The molecular weight excluding hydrogens is 230 g/mol. The largest absolute Gasteiger partial charge is 0.306 e. The zero-order valence-corrected chi connectivity index (χ0v) is 12.1. The minimum Gasteiger partial charge on any atom is -0.306 e. The molecule has 0 saturated carbocycles. The highest BCUT2D eigenvalue weighted by Crippen LogP contribution is 2.16. The van der Waals surface area contributed by atoms with Crippen LogP contribution in [0.25, 0.3) is 0 Å². The van der Waals surface area contributed by atoms with Crippen LogP contribution in [0.4, 0.5) is 0 Å². The van der Waals surface area contributed by atoms with Gasteiger partial charge >= 0.3 is 0 Å². The van der Waals surface area contributed by atoms with E-state index in [9.17, 15) is 0 Å². The van der Waals surface area contributed by atoms with Crippen molar-refractivity contribution in [1.29, 1.82) is 0 Å². The Labute approximate surface area is 116 Å². The molecule has 1 atom stereocenters. The molecule has 1 heteroatoms. The summed E-state index contributed by atoms with van der Waals surface area (Å²) in [4.78, 5) is 0. The maximum atomic E-state index is 3.62. The minimum absolute atomic E-state index is 0.379. The standard InChI is InChI=1S/C18H23N/c1-4-16-9-5-6-10-18(16)13-19-15(3)17-11-7-8-14(2)12-17/h5-12,15,19H,4,13H2,1-3H3/t15-/m1/s1. The van der Waals surface area contributed by atoms with Gasteiger partial charge in [0.05, 0.1) is 0 Å². The maximum Gasteiger partial charge on any atom is 0.0295 e. The average Bonchev–Trinajstić information content (AvgIpc) is 2.45. The monoisotopic (exact) mass is 253 g/mol. The van der Waals surface area contributed by atoms with Crippen LogP contribution >= 0.6 is 0 Å². The maximum absolute atomic E-state index is 3.62. The van der Waals surface area contributed by atoms with Gasteiger partial charge in [0, 0.05) is 12.6 Å². The zero-order valence-electron chi connectivity index (χ0n) is 12.1. The third kappa shape index (κ3) is 3.68. The first-order valence-corrected chi connectivity index (χ1v) is 7.07. The van der Waals surface area contributed by atoms with Crippen LogP contribution < -0.4 is 5.32 Å². The van der Waals surface area contributed by atoms with Gasteiger partial charge in [0.2, 0.25) is 0 Å². The normalized spacial score (nSPS) is 12.4. The Balaban J connectivity index is 2.02. The lowest BCUT2D eigenvalue weighted by Crippen LogP contribution is -2.18. The van der Waals surface area contributed by atoms with Crippen LogP contribution in [0, 0.1) is 6.92 Å². The van der Waals surface area contributed by atoms with Gasteiger partial charge in [0.1, 0.15) is 0 Å². The molecule has 2 rings (SSSR count). The molecule has 0 aliphatic carbocycles. The Hall–Kier alpha value is -1.60. The number of rotatable bonds is 5. The molecule has 0 bridgehead atoms. The van der Waals surface area contributed by atoms with E-state index >= 15 is 0 Å².